The van der Waals surface area contributed by atoms with Gasteiger partial charge in [0.1, 0.15) is 23.4 Å². The maximum atomic E-state index is 13.8. The Morgan fingerprint density at radius 1 is 1.07 bits per heavy atom. The first-order valence-electron chi connectivity index (χ1n) is 14.2. The number of carbonyl (C=O) groups excluding carboxylic acids is 2. The number of hydrogen-bond acceptors (Lipinski definition) is 9. The Bertz CT molecular complexity index is 1760. The maximum absolute atomic E-state index is 13.8. The standard InChI is InChI=1S/C33H32N2O7S/c1-5-6-13-41-25-12-7-19(16-26(25)40-4)29-28(30(36)20-8-11-24-21(15-20)14-18(2)42-24)31(37)32(38)35(29)33-34-23-10-9-22(39-3)17-27(23)43-33/h7-12,15-18,29,36H,5-6,13-14H2,1-4H3/t18-,29+/m0/s1. The molecule has 1 fully saturated rings. The molecular weight excluding hydrogens is 568 g/mol. The summed E-state index contributed by atoms with van der Waals surface area (Å²) >= 11 is 1.27. The maximum Gasteiger partial charge on any atom is 0.301 e. The highest BCUT2D eigenvalue weighted by Crippen LogP contribution is 2.46. The molecule has 0 radical (unpaired) electrons. The smallest absolute Gasteiger partial charge is 0.301 e. The lowest BCUT2D eigenvalue weighted by Gasteiger charge is -2.24. The van der Waals surface area contributed by atoms with Crippen molar-refractivity contribution in [1.82, 2.24) is 4.98 Å². The van der Waals surface area contributed by atoms with Crippen molar-refractivity contribution in [2.75, 3.05) is 25.7 Å². The first-order valence-corrected chi connectivity index (χ1v) is 15.0. The van der Waals surface area contributed by atoms with E-state index in [-0.39, 0.29) is 17.4 Å². The van der Waals surface area contributed by atoms with E-state index in [0.29, 0.717) is 52.1 Å². The number of hydrogen-bond donors (Lipinski definition) is 1. The van der Waals surface area contributed by atoms with Crippen LogP contribution in [0.25, 0.3) is 16.0 Å². The lowest BCUT2D eigenvalue weighted by molar-refractivity contribution is -0.132. The topological polar surface area (TPSA) is 107 Å². The Labute approximate surface area is 253 Å². The summed E-state index contributed by atoms with van der Waals surface area (Å²) < 4.78 is 23.6. The number of rotatable bonds is 9. The van der Waals surface area contributed by atoms with Gasteiger partial charge in [-0.1, -0.05) is 30.7 Å². The van der Waals surface area contributed by atoms with E-state index in [2.05, 4.69) is 6.92 Å². The third-order valence-corrected chi connectivity index (χ3v) is 8.68. The normalized spacial score (nSPS) is 19.0. The SMILES string of the molecule is CCCCOc1ccc([C@@H]2C(=C(O)c3ccc4c(c3)C[C@H](C)O4)C(=O)C(=O)N2c2nc3ccc(OC)cc3s2)cc1OC. The number of aliphatic hydroxyl groups is 1. The van der Waals surface area contributed by atoms with Crippen molar-refractivity contribution in [3.8, 4) is 23.0 Å². The van der Waals surface area contributed by atoms with E-state index < -0.39 is 17.7 Å². The molecule has 6 rings (SSSR count). The van der Waals surface area contributed by atoms with Crippen molar-refractivity contribution in [2.45, 2.75) is 45.3 Å². The summed E-state index contributed by atoms with van der Waals surface area (Å²) in [6.07, 6.45) is 2.57. The minimum Gasteiger partial charge on any atom is -0.507 e. The van der Waals surface area contributed by atoms with Gasteiger partial charge in [-0.15, -0.1) is 0 Å². The average Bonchev–Trinajstić information content (AvgIpc) is 3.68. The number of aromatic nitrogens is 1. The van der Waals surface area contributed by atoms with Gasteiger partial charge in [0.05, 0.1) is 42.7 Å². The Balaban J connectivity index is 1.50. The number of amides is 1. The first-order chi connectivity index (χ1) is 20.8. The molecule has 4 aromatic rings. The molecule has 2 atom stereocenters. The minimum absolute atomic E-state index is 0.0150. The molecule has 0 spiro atoms. The molecule has 0 bridgehead atoms. The summed E-state index contributed by atoms with van der Waals surface area (Å²) in [6.45, 7) is 4.58. The van der Waals surface area contributed by atoms with Gasteiger partial charge in [0.2, 0.25) is 0 Å². The Morgan fingerprint density at radius 3 is 2.67 bits per heavy atom. The van der Waals surface area contributed by atoms with Gasteiger partial charge < -0.3 is 24.1 Å². The average molecular weight is 601 g/mol. The molecule has 3 aromatic carbocycles. The summed E-state index contributed by atoms with van der Waals surface area (Å²) in [6, 6.07) is 15.1. The van der Waals surface area contributed by atoms with E-state index in [1.165, 1.54) is 23.3 Å². The van der Waals surface area contributed by atoms with Gasteiger partial charge in [-0.05, 0) is 73.0 Å². The fourth-order valence-corrected chi connectivity index (χ4v) is 6.51. The molecule has 2 aliphatic heterocycles. The molecule has 2 aliphatic rings. The van der Waals surface area contributed by atoms with E-state index in [4.69, 9.17) is 23.9 Å². The van der Waals surface area contributed by atoms with Gasteiger partial charge in [-0.2, -0.15) is 0 Å². The van der Waals surface area contributed by atoms with Crippen LogP contribution in [0.1, 0.15) is 49.4 Å². The van der Waals surface area contributed by atoms with Crippen LogP contribution in [0.15, 0.2) is 60.2 Å². The number of thiazole rings is 1. The largest absolute Gasteiger partial charge is 0.507 e. The highest BCUT2D eigenvalue weighted by molar-refractivity contribution is 7.22. The fraction of sp³-hybridized carbons (Fsp3) is 0.303. The van der Waals surface area contributed by atoms with Crippen LogP contribution in [0.4, 0.5) is 5.13 Å². The predicted molar refractivity (Wildman–Crippen MR) is 165 cm³/mol. The van der Waals surface area contributed by atoms with Crippen LogP contribution in [-0.2, 0) is 16.0 Å². The number of unbranched alkanes of at least 4 members (excludes halogenated alkanes) is 1. The molecule has 1 amide bonds. The first kappa shape index (κ1) is 28.5. The lowest BCUT2D eigenvalue weighted by Crippen LogP contribution is -2.29. The van der Waals surface area contributed by atoms with Gasteiger partial charge in [-0.3, -0.25) is 14.5 Å². The van der Waals surface area contributed by atoms with Crippen molar-refractivity contribution < 1.29 is 33.6 Å². The molecule has 0 aliphatic carbocycles. The van der Waals surface area contributed by atoms with Crippen LogP contribution in [0.3, 0.4) is 0 Å². The van der Waals surface area contributed by atoms with Crippen molar-refractivity contribution in [2.24, 2.45) is 0 Å². The molecule has 43 heavy (non-hydrogen) atoms. The summed E-state index contributed by atoms with van der Waals surface area (Å²) in [7, 11) is 3.12. The Morgan fingerprint density at radius 2 is 1.91 bits per heavy atom. The van der Waals surface area contributed by atoms with Crippen molar-refractivity contribution in [3.63, 3.8) is 0 Å². The number of aliphatic hydroxyl groups excluding tert-OH is 1. The fourth-order valence-electron chi connectivity index (χ4n) is 5.49. The number of Topliss-reactive ketones (excluding diaryl/α,β-unsaturated/α-hetero) is 1. The molecule has 3 heterocycles. The summed E-state index contributed by atoms with van der Waals surface area (Å²) in [5.41, 5.74) is 2.55. The molecule has 10 heteroatoms. The monoisotopic (exact) mass is 600 g/mol. The minimum atomic E-state index is -0.968. The molecule has 1 N–H and O–H groups in total. The quantitative estimate of drug-likeness (QED) is 0.101. The van der Waals surface area contributed by atoms with E-state index in [1.54, 1.807) is 49.6 Å². The highest BCUT2D eigenvalue weighted by Gasteiger charge is 2.48. The number of nitrogens with zero attached hydrogens (tertiary/aromatic N) is 2. The van der Waals surface area contributed by atoms with Crippen LogP contribution in [0, 0.1) is 0 Å². The third kappa shape index (κ3) is 5.16. The number of benzene rings is 3. The Kier molecular flexibility index (Phi) is 7.70. The molecule has 1 saturated heterocycles. The second kappa shape index (κ2) is 11.6. The number of carbonyl (C=O) groups is 2. The molecule has 222 valence electrons. The zero-order chi connectivity index (χ0) is 30.2. The van der Waals surface area contributed by atoms with E-state index in [1.807, 2.05) is 19.1 Å². The van der Waals surface area contributed by atoms with Crippen LogP contribution in [0.5, 0.6) is 23.0 Å². The molecule has 0 saturated carbocycles. The molecule has 9 nitrogen and oxygen atoms in total. The van der Waals surface area contributed by atoms with E-state index >= 15 is 0 Å². The van der Waals surface area contributed by atoms with Crippen LogP contribution in [0.2, 0.25) is 0 Å². The van der Waals surface area contributed by atoms with E-state index in [0.717, 1.165) is 28.9 Å². The second-order valence-corrected chi connectivity index (χ2v) is 11.6. The number of methoxy groups -OCH3 is 2. The van der Waals surface area contributed by atoms with Crippen molar-refractivity contribution in [3.05, 3.63) is 76.9 Å². The molecular formula is C33H32N2O7S. The third-order valence-electron chi connectivity index (χ3n) is 7.66. The number of ketones is 1. The van der Waals surface area contributed by atoms with Gasteiger partial charge in [-0.25, -0.2) is 4.98 Å². The summed E-state index contributed by atoms with van der Waals surface area (Å²) in [5, 5.41) is 12.0. The Hall–Kier alpha value is -4.57. The lowest BCUT2D eigenvalue weighted by atomic mass is 9.94. The molecule has 0 unspecified atom stereocenters. The van der Waals surface area contributed by atoms with Gasteiger partial charge in [0.15, 0.2) is 16.6 Å². The van der Waals surface area contributed by atoms with Crippen molar-refractivity contribution in [1.29, 1.82) is 0 Å². The summed E-state index contributed by atoms with van der Waals surface area (Å²) in [4.78, 5) is 33.6. The van der Waals surface area contributed by atoms with Crippen molar-refractivity contribution >= 4 is 44.1 Å². The molecule has 1 aromatic heterocycles. The summed E-state index contributed by atoms with van der Waals surface area (Å²) in [5.74, 6) is 0.560. The number of ether oxygens (including phenoxy) is 4. The van der Waals surface area contributed by atoms with Crippen LogP contribution in [-0.4, -0.2) is 48.7 Å². The zero-order valence-electron chi connectivity index (χ0n) is 24.4. The zero-order valence-corrected chi connectivity index (χ0v) is 25.2. The van der Waals surface area contributed by atoms with Gasteiger partial charge in [0, 0.05) is 12.0 Å². The second-order valence-electron chi connectivity index (χ2n) is 10.6. The van der Waals surface area contributed by atoms with E-state index in [9.17, 15) is 14.7 Å². The number of fused-ring (bicyclic) bond motifs is 2. The number of anilines is 1. The predicted octanol–water partition coefficient (Wildman–Crippen LogP) is 6.44. The highest BCUT2D eigenvalue weighted by atomic mass is 32.1. The van der Waals surface area contributed by atoms with Gasteiger partial charge >= 0.3 is 5.91 Å². The van der Waals surface area contributed by atoms with Gasteiger partial charge in [0.25, 0.3) is 5.78 Å². The van der Waals surface area contributed by atoms with Crippen LogP contribution < -0.4 is 23.8 Å². The van der Waals surface area contributed by atoms with Crippen LogP contribution >= 0.6 is 11.3 Å².